The number of nitrogens with two attached hydrogens (primary N) is 1. The maximum absolute atomic E-state index is 11.7. The van der Waals surface area contributed by atoms with Gasteiger partial charge in [-0.05, 0) is 41.6 Å². The number of halogens is 1. The summed E-state index contributed by atoms with van der Waals surface area (Å²) in [5.41, 5.74) is 6.42. The van der Waals surface area contributed by atoms with Crippen LogP contribution in [0.4, 0.5) is 5.69 Å². The Morgan fingerprint density at radius 3 is 2.80 bits per heavy atom. The van der Waals surface area contributed by atoms with Crippen LogP contribution >= 0.6 is 34.4 Å². The summed E-state index contributed by atoms with van der Waals surface area (Å²) in [5.74, 6) is 0.0594. The molecule has 0 saturated heterocycles. The average Bonchev–Trinajstić information content (AvgIpc) is 2.41. The third-order valence-electron chi connectivity index (χ3n) is 2.27. The topological polar surface area (TPSA) is 81.4 Å². The Morgan fingerprint density at radius 1 is 1.45 bits per heavy atom. The summed E-state index contributed by atoms with van der Waals surface area (Å²) in [7, 11) is 0. The van der Waals surface area contributed by atoms with Crippen LogP contribution in [0.2, 0.25) is 0 Å². The number of carbonyl (C=O) groups is 2. The summed E-state index contributed by atoms with van der Waals surface area (Å²) in [6.45, 7) is 2.04. The number of amides is 1. The summed E-state index contributed by atoms with van der Waals surface area (Å²) >= 11 is 3.47. The van der Waals surface area contributed by atoms with E-state index in [4.69, 9.17) is 10.5 Å². The van der Waals surface area contributed by atoms with E-state index in [0.29, 0.717) is 12.4 Å². The molecule has 0 aromatic heterocycles. The summed E-state index contributed by atoms with van der Waals surface area (Å²) < 4.78 is 5.77. The number of rotatable bonds is 7. The fraction of sp³-hybridized carbons (Fsp3) is 0.385. The third-order valence-corrected chi connectivity index (χ3v) is 4.27. The number of ether oxygens (including phenoxy) is 1. The van der Waals surface area contributed by atoms with Gasteiger partial charge in [0.05, 0.1) is 18.0 Å². The van der Waals surface area contributed by atoms with E-state index in [0.717, 1.165) is 9.26 Å². The number of benzene rings is 1. The zero-order chi connectivity index (χ0) is 15.0. The highest BCUT2D eigenvalue weighted by Gasteiger charge is 2.15. The van der Waals surface area contributed by atoms with E-state index in [1.165, 1.54) is 11.8 Å². The van der Waals surface area contributed by atoms with Crippen molar-refractivity contribution in [3.05, 3.63) is 27.8 Å². The second-order valence-electron chi connectivity index (χ2n) is 3.90. The van der Waals surface area contributed by atoms with Gasteiger partial charge in [-0.15, -0.1) is 11.8 Å². The van der Waals surface area contributed by atoms with Gasteiger partial charge in [0.15, 0.2) is 0 Å². The Labute approximate surface area is 136 Å². The van der Waals surface area contributed by atoms with E-state index in [1.807, 2.05) is 24.3 Å². The molecule has 0 aliphatic rings. The van der Waals surface area contributed by atoms with Crippen LogP contribution in [0.15, 0.2) is 24.3 Å². The Kier molecular flexibility index (Phi) is 7.93. The highest BCUT2D eigenvalue weighted by atomic mass is 127. The van der Waals surface area contributed by atoms with Crippen molar-refractivity contribution < 1.29 is 14.3 Å². The molecule has 0 saturated carbocycles. The molecule has 0 bridgehead atoms. The lowest BCUT2D eigenvalue weighted by atomic mass is 10.3. The molecule has 1 aromatic carbocycles. The molecule has 0 aliphatic heterocycles. The fourth-order valence-corrected chi connectivity index (χ4v) is 2.63. The lowest BCUT2D eigenvalue weighted by molar-refractivity contribution is -0.144. The molecule has 0 fully saturated rings. The second-order valence-corrected chi connectivity index (χ2v) is 6.09. The van der Waals surface area contributed by atoms with Crippen molar-refractivity contribution in [2.75, 3.05) is 23.4 Å². The van der Waals surface area contributed by atoms with Gasteiger partial charge in [0, 0.05) is 9.32 Å². The molecule has 0 aliphatic carbocycles. The first-order valence-electron chi connectivity index (χ1n) is 6.09. The molecule has 1 rings (SSSR count). The quantitative estimate of drug-likeness (QED) is 0.532. The summed E-state index contributed by atoms with van der Waals surface area (Å²) in [5, 5.41) is 2.81. The second kappa shape index (κ2) is 9.19. The molecule has 110 valence electrons. The van der Waals surface area contributed by atoms with Crippen LogP contribution in [-0.2, 0) is 14.3 Å². The van der Waals surface area contributed by atoms with Gasteiger partial charge in [0.25, 0.3) is 0 Å². The monoisotopic (exact) mass is 408 g/mol. The first-order valence-corrected chi connectivity index (χ1v) is 8.32. The fourth-order valence-electron chi connectivity index (χ4n) is 1.34. The van der Waals surface area contributed by atoms with Crippen molar-refractivity contribution >= 4 is 51.9 Å². The number of carbonyl (C=O) groups excluding carboxylic acids is 2. The van der Waals surface area contributed by atoms with Crippen LogP contribution in [0.25, 0.3) is 0 Å². The summed E-state index contributed by atoms with van der Waals surface area (Å²) in [6, 6.07) is 6.84. The number of esters is 1. The van der Waals surface area contributed by atoms with Crippen LogP contribution in [0.5, 0.6) is 0 Å². The standard InChI is InChI=1S/C13H17IN2O3S/c1-2-19-13(18)10(15)7-20-8-12(17)16-11-6-4-3-5-9(11)14/h3-6,10H,2,7-8,15H2,1H3,(H,16,17). The normalized spacial score (nSPS) is 11.8. The molecule has 1 aromatic rings. The smallest absolute Gasteiger partial charge is 0.323 e. The first-order chi connectivity index (χ1) is 9.54. The van der Waals surface area contributed by atoms with Gasteiger partial charge in [-0.2, -0.15) is 0 Å². The number of para-hydroxylation sites is 1. The Hall–Kier alpha value is -0.800. The molecule has 0 radical (unpaired) electrons. The predicted molar refractivity (Wildman–Crippen MR) is 89.7 cm³/mol. The highest BCUT2D eigenvalue weighted by Crippen LogP contribution is 2.17. The van der Waals surface area contributed by atoms with Crippen LogP contribution in [0, 0.1) is 3.57 Å². The molecule has 0 heterocycles. The van der Waals surface area contributed by atoms with Crippen molar-refractivity contribution in [2.24, 2.45) is 5.73 Å². The average molecular weight is 408 g/mol. The lowest BCUT2D eigenvalue weighted by Crippen LogP contribution is -2.35. The van der Waals surface area contributed by atoms with Crippen LogP contribution in [0.3, 0.4) is 0 Å². The maximum Gasteiger partial charge on any atom is 0.323 e. The molecule has 5 nitrogen and oxygen atoms in total. The van der Waals surface area contributed by atoms with Gasteiger partial charge in [-0.1, -0.05) is 12.1 Å². The van der Waals surface area contributed by atoms with Gasteiger partial charge < -0.3 is 15.8 Å². The third kappa shape index (κ3) is 6.10. The zero-order valence-electron chi connectivity index (χ0n) is 11.1. The first kappa shape index (κ1) is 17.3. The molecule has 20 heavy (non-hydrogen) atoms. The molecule has 7 heteroatoms. The number of anilines is 1. The molecule has 1 amide bonds. The van der Waals surface area contributed by atoms with E-state index in [1.54, 1.807) is 6.92 Å². The minimum Gasteiger partial charge on any atom is -0.465 e. The van der Waals surface area contributed by atoms with E-state index in [2.05, 4.69) is 27.9 Å². The molecule has 1 unspecified atom stereocenters. The minimum absolute atomic E-state index is 0.116. The van der Waals surface area contributed by atoms with E-state index in [-0.39, 0.29) is 11.7 Å². The van der Waals surface area contributed by atoms with E-state index < -0.39 is 12.0 Å². The van der Waals surface area contributed by atoms with Gasteiger partial charge >= 0.3 is 5.97 Å². The van der Waals surface area contributed by atoms with Crippen molar-refractivity contribution in [3.8, 4) is 0 Å². The van der Waals surface area contributed by atoms with Crippen LogP contribution in [0.1, 0.15) is 6.92 Å². The lowest BCUT2D eigenvalue weighted by Gasteiger charge is -2.10. The largest absolute Gasteiger partial charge is 0.465 e. The zero-order valence-corrected chi connectivity index (χ0v) is 14.1. The van der Waals surface area contributed by atoms with Crippen molar-refractivity contribution in [2.45, 2.75) is 13.0 Å². The van der Waals surface area contributed by atoms with Gasteiger partial charge in [0.2, 0.25) is 5.91 Å². The van der Waals surface area contributed by atoms with Crippen LogP contribution < -0.4 is 11.1 Å². The van der Waals surface area contributed by atoms with Crippen molar-refractivity contribution in [1.82, 2.24) is 0 Å². The molecule has 1 atom stereocenters. The van der Waals surface area contributed by atoms with E-state index in [9.17, 15) is 9.59 Å². The maximum atomic E-state index is 11.7. The van der Waals surface area contributed by atoms with Gasteiger partial charge in [-0.3, -0.25) is 9.59 Å². The predicted octanol–water partition coefficient (Wildman–Crippen LogP) is 1.85. The Bertz CT molecular complexity index is 471. The van der Waals surface area contributed by atoms with Crippen LogP contribution in [-0.4, -0.2) is 36.0 Å². The highest BCUT2D eigenvalue weighted by molar-refractivity contribution is 14.1. The SMILES string of the molecule is CCOC(=O)C(N)CSCC(=O)Nc1ccccc1I. The minimum atomic E-state index is -0.690. The summed E-state index contributed by atoms with van der Waals surface area (Å²) in [6.07, 6.45) is 0. The number of thioether (sulfide) groups is 1. The summed E-state index contributed by atoms with van der Waals surface area (Å²) in [4.78, 5) is 23.0. The molecular formula is C13H17IN2O3S. The van der Waals surface area contributed by atoms with Crippen molar-refractivity contribution in [3.63, 3.8) is 0 Å². The Morgan fingerprint density at radius 2 is 2.15 bits per heavy atom. The van der Waals surface area contributed by atoms with Crippen molar-refractivity contribution in [1.29, 1.82) is 0 Å². The molecule has 3 N–H and O–H groups in total. The van der Waals surface area contributed by atoms with Gasteiger partial charge in [-0.25, -0.2) is 0 Å². The van der Waals surface area contributed by atoms with Gasteiger partial charge in [0.1, 0.15) is 6.04 Å². The number of hydrogen-bond acceptors (Lipinski definition) is 5. The molecule has 0 spiro atoms. The number of nitrogens with one attached hydrogen (secondary N) is 1. The Balaban J connectivity index is 2.30. The molecular weight excluding hydrogens is 391 g/mol. The number of hydrogen-bond donors (Lipinski definition) is 2. The van der Waals surface area contributed by atoms with E-state index >= 15 is 0 Å².